The highest BCUT2D eigenvalue weighted by Gasteiger charge is 2.30. The minimum absolute atomic E-state index is 0.119. The zero-order valence-corrected chi connectivity index (χ0v) is 16.8. The van der Waals surface area contributed by atoms with Crippen molar-refractivity contribution >= 4 is 39.1 Å². The first kappa shape index (κ1) is 17.7. The molecule has 0 saturated heterocycles. The molecule has 3 aromatic heterocycles. The van der Waals surface area contributed by atoms with Crippen molar-refractivity contribution in [2.24, 2.45) is 0 Å². The van der Waals surface area contributed by atoms with Crippen molar-refractivity contribution in [3.05, 3.63) is 40.5 Å². The number of rotatable bonds is 5. The number of hydrogen-bond acceptors (Lipinski definition) is 7. The van der Waals surface area contributed by atoms with Crippen LogP contribution in [0.1, 0.15) is 36.8 Å². The van der Waals surface area contributed by atoms with Gasteiger partial charge in [0.05, 0.1) is 22.4 Å². The summed E-state index contributed by atoms with van der Waals surface area (Å²) in [6.45, 7) is 7.73. The van der Waals surface area contributed by atoms with Crippen molar-refractivity contribution in [1.82, 2.24) is 15.0 Å². The van der Waals surface area contributed by atoms with E-state index in [0.717, 1.165) is 38.9 Å². The lowest BCUT2D eigenvalue weighted by Gasteiger charge is -2.29. The third-order valence-electron chi connectivity index (χ3n) is 4.34. The van der Waals surface area contributed by atoms with Gasteiger partial charge in [0, 0.05) is 35.8 Å². The molecule has 0 radical (unpaired) electrons. The molecule has 1 N–H and O–H groups in total. The first-order valence-electron chi connectivity index (χ1n) is 8.77. The molecule has 4 rings (SSSR count). The Bertz CT molecular complexity index is 924. The SMILES string of the molecule is CCSc1nc(NCc2cccnc2)c2sc3c(c2n1)COC(C)(C)C3. The minimum Gasteiger partial charge on any atom is -0.370 e. The smallest absolute Gasteiger partial charge is 0.190 e. The highest BCUT2D eigenvalue weighted by molar-refractivity contribution is 7.99. The summed E-state index contributed by atoms with van der Waals surface area (Å²) in [5.41, 5.74) is 3.29. The fourth-order valence-corrected chi connectivity index (χ4v) is 5.04. The second kappa shape index (κ2) is 7.13. The maximum atomic E-state index is 6.04. The minimum atomic E-state index is -0.119. The van der Waals surface area contributed by atoms with Gasteiger partial charge in [0.1, 0.15) is 5.82 Å². The molecule has 0 fully saturated rings. The van der Waals surface area contributed by atoms with Crippen molar-refractivity contribution in [1.29, 1.82) is 0 Å². The number of pyridine rings is 1. The number of fused-ring (bicyclic) bond motifs is 3. The van der Waals surface area contributed by atoms with Crippen LogP contribution in [-0.2, 0) is 24.3 Å². The molecule has 0 aliphatic carbocycles. The van der Waals surface area contributed by atoms with Gasteiger partial charge in [0.2, 0.25) is 0 Å². The topological polar surface area (TPSA) is 59.9 Å². The van der Waals surface area contributed by atoms with E-state index in [9.17, 15) is 0 Å². The van der Waals surface area contributed by atoms with E-state index in [1.54, 1.807) is 29.3 Å². The molecule has 0 aromatic carbocycles. The molecule has 0 unspecified atom stereocenters. The number of thiophene rings is 1. The van der Waals surface area contributed by atoms with Gasteiger partial charge in [-0.1, -0.05) is 24.8 Å². The van der Waals surface area contributed by atoms with Crippen molar-refractivity contribution in [3.8, 4) is 0 Å². The van der Waals surface area contributed by atoms with Crippen LogP contribution in [0.4, 0.5) is 5.82 Å². The molecule has 1 aliphatic rings. The Balaban J connectivity index is 1.74. The summed E-state index contributed by atoms with van der Waals surface area (Å²) >= 11 is 3.47. The van der Waals surface area contributed by atoms with E-state index in [2.05, 4.69) is 37.1 Å². The molecular weight excluding hydrogens is 364 g/mol. The summed E-state index contributed by atoms with van der Waals surface area (Å²) in [7, 11) is 0. The van der Waals surface area contributed by atoms with E-state index in [-0.39, 0.29) is 5.60 Å². The van der Waals surface area contributed by atoms with Gasteiger partial charge in [-0.05, 0) is 31.2 Å². The van der Waals surface area contributed by atoms with Gasteiger partial charge in [0.25, 0.3) is 0 Å². The Morgan fingerprint density at radius 2 is 2.23 bits per heavy atom. The molecule has 0 spiro atoms. The van der Waals surface area contributed by atoms with Crippen LogP contribution >= 0.6 is 23.1 Å². The Morgan fingerprint density at radius 3 is 3.00 bits per heavy atom. The molecule has 5 nitrogen and oxygen atoms in total. The van der Waals surface area contributed by atoms with Gasteiger partial charge in [-0.15, -0.1) is 11.3 Å². The molecule has 7 heteroatoms. The van der Waals surface area contributed by atoms with Crippen LogP contribution < -0.4 is 5.32 Å². The molecular formula is C19H22N4OS2. The second-order valence-corrected chi connectivity index (χ2v) is 9.25. The number of nitrogens with zero attached hydrogens (tertiary/aromatic N) is 3. The van der Waals surface area contributed by atoms with E-state index < -0.39 is 0 Å². The number of ether oxygens (including phenoxy) is 1. The molecule has 1 aliphatic heterocycles. The summed E-state index contributed by atoms with van der Waals surface area (Å²) < 4.78 is 7.16. The first-order valence-corrected chi connectivity index (χ1v) is 10.6. The van der Waals surface area contributed by atoms with E-state index in [1.165, 1.54) is 10.4 Å². The van der Waals surface area contributed by atoms with Crippen molar-refractivity contribution in [2.75, 3.05) is 11.1 Å². The van der Waals surface area contributed by atoms with Gasteiger partial charge in [-0.2, -0.15) is 0 Å². The number of aromatic nitrogens is 3. The molecule has 26 heavy (non-hydrogen) atoms. The van der Waals surface area contributed by atoms with Gasteiger partial charge in [-0.3, -0.25) is 4.98 Å². The summed E-state index contributed by atoms with van der Waals surface area (Å²) in [5, 5.41) is 4.32. The Hall–Kier alpha value is -1.70. The lowest BCUT2D eigenvalue weighted by molar-refractivity contribution is -0.0383. The van der Waals surface area contributed by atoms with Crippen LogP contribution in [0.25, 0.3) is 10.2 Å². The van der Waals surface area contributed by atoms with E-state index >= 15 is 0 Å². The van der Waals surface area contributed by atoms with E-state index in [1.807, 2.05) is 12.3 Å². The third kappa shape index (κ3) is 3.56. The van der Waals surface area contributed by atoms with Crippen molar-refractivity contribution in [2.45, 2.75) is 51.1 Å². The van der Waals surface area contributed by atoms with Crippen LogP contribution in [0.5, 0.6) is 0 Å². The predicted octanol–water partition coefficient (Wildman–Crippen LogP) is 4.66. The summed E-state index contributed by atoms with van der Waals surface area (Å²) in [6, 6.07) is 4.02. The average molecular weight is 387 g/mol. The second-order valence-electron chi connectivity index (χ2n) is 6.91. The normalized spacial score (nSPS) is 15.8. The predicted molar refractivity (Wildman–Crippen MR) is 108 cm³/mol. The molecule has 0 bridgehead atoms. The lowest BCUT2D eigenvalue weighted by atomic mass is 9.98. The van der Waals surface area contributed by atoms with Gasteiger partial charge < -0.3 is 10.1 Å². The largest absolute Gasteiger partial charge is 0.370 e. The lowest BCUT2D eigenvalue weighted by Crippen LogP contribution is -2.30. The van der Waals surface area contributed by atoms with Gasteiger partial charge in [-0.25, -0.2) is 9.97 Å². The van der Waals surface area contributed by atoms with Crippen LogP contribution in [0.3, 0.4) is 0 Å². The van der Waals surface area contributed by atoms with Crippen LogP contribution in [-0.4, -0.2) is 26.3 Å². The Kier molecular flexibility index (Phi) is 4.86. The fourth-order valence-electron chi connectivity index (χ4n) is 3.05. The highest BCUT2D eigenvalue weighted by atomic mass is 32.2. The van der Waals surface area contributed by atoms with Gasteiger partial charge in [0.15, 0.2) is 5.16 Å². The first-order chi connectivity index (χ1) is 12.6. The summed E-state index contributed by atoms with van der Waals surface area (Å²) in [6.07, 6.45) is 4.59. The number of nitrogens with one attached hydrogen (secondary N) is 1. The average Bonchev–Trinajstić information content (AvgIpc) is 2.97. The number of hydrogen-bond donors (Lipinski definition) is 1. The molecule has 0 saturated carbocycles. The Morgan fingerprint density at radius 1 is 1.35 bits per heavy atom. The summed E-state index contributed by atoms with van der Waals surface area (Å²) in [5.74, 6) is 1.86. The summed E-state index contributed by atoms with van der Waals surface area (Å²) in [4.78, 5) is 15.2. The maximum absolute atomic E-state index is 6.04. The van der Waals surface area contributed by atoms with E-state index in [4.69, 9.17) is 14.7 Å². The van der Waals surface area contributed by atoms with Crippen LogP contribution in [0.2, 0.25) is 0 Å². The molecule has 0 atom stereocenters. The molecule has 3 aromatic rings. The number of thioether (sulfide) groups is 1. The third-order valence-corrected chi connectivity index (χ3v) is 6.30. The standard InChI is InChI=1S/C19H22N4OS2/c1-4-25-18-22-15-13-11-24-19(2,3)8-14(13)26-16(15)17(23-18)21-10-12-6-5-7-20-9-12/h5-7,9H,4,8,10-11H2,1-3H3,(H,21,22,23). The molecule has 0 amide bonds. The van der Waals surface area contributed by atoms with Crippen molar-refractivity contribution < 1.29 is 4.74 Å². The van der Waals surface area contributed by atoms with Crippen LogP contribution in [0, 0.1) is 0 Å². The maximum Gasteiger partial charge on any atom is 0.190 e. The van der Waals surface area contributed by atoms with Crippen LogP contribution in [0.15, 0.2) is 29.7 Å². The zero-order chi connectivity index (χ0) is 18.1. The molecule has 4 heterocycles. The fraction of sp³-hybridized carbons (Fsp3) is 0.421. The Labute approximate surface area is 161 Å². The quantitative estimate of drug-likeness (QED) is 0.508. The van der Waals surface area contributed by atoms with Gasteiger partial charge >= 0.3 is 0 Å². The van der Waals surface area contributed by atoms with Crippen molar-refractivity contribution in [3.63, 3.8) is 0 Å². The van der Waals surface area contributed by atoms with E-state index in [0.29, 0.717) is 13.2 Å². The highest BCUT2D eigenvalue weighted by Crippen LogP contribution is 2.41. The zero-order valence-electron chi connectivity index (χ0n) is 15.2. The molecule has 136 valence electrons. The monoisotopic (exact) mass is 386 g/mol. The number of anilines is 1.